The first-order valence-corrected chi connectivity index (χ1v) is 8.71. The fraction of sp³-hybridized carbons (Fsp3) is 0.611. The lowest BCUT2D eigenvalue weighted by atomic mass is 10.1. The van der Waals surface area contributed by atoms with Crippen LogP contribution in [-0.2, 0) is 9.57 Å². The molecule has 128 valence electrons. The number of nitrogens with one attached hydrogen (secondary N) is 1. The van der Waals surface area contributed by atoms with Gasteiger partial charge in [0.25, 0.3) is 0 Å². The summed E-state index contributed by atoms with van der Waals surface area (Å²) in [5.41, 5.74) is 1.70. The molecule has 0 spiro atoms. The fourth-order valence-corrected chi connectivity index (χ4v) is 2.93. The van der Waals surface area contributed by atoms with E-state index in [4.69, 9.17) is 9.57 Å². The highest BCUT2D eigenvalue weighted by molar-refractivity contribution is 5.86. The van der Waals surface area contributed by atoms with Gasteiger partial charge in [-0.3, -0.25) is 4.84 Å². The van der Waals surface area contributed by atoms with Crippen molar-refractivity contribution in [2.75, 3.05) is 23.6 Å². The number of carbonyl (C=O) groups is 1. The van der Waals surface area contributed by atoms with E-state index >= 15 is 0 Å². The summed E-state index contributed by atoms with van der Waals surface area (Å²) in [6.07, 6.45) is 7.16. The summed E-state index contributed by atoms with van der Waals surface area (Å²) in [5.74, 6) is 0. The van der Waals surface area contributed by atoms with E-state index in [-0.39, 0.29) is 0 Å². The molecular formula is C18H28N2O3. The van der Waals surface area contributed by atoms with Gasteiger partial charge in [0, 0.05) is 11.7 Å². The van der Waals surface area contributed by atoms with E-state index in [9.17, 15) is 4.79 Å². The Balaban J connectivity index is 2.08. The summed E-state index contributed by atoms with van der Waals surface area (Å²) in [7, 11) is 0. The van der Waals surface area contributed by atoms with Gasteiger partial charge in [-0.1, -0.05) is 31.7 Å². The molecule has 23 heavy (non-hydrogen) atoms. The smallest absolute Gasteiger partial charge is 0.438 e. The van der Waals surface area contributed by atoms with Crippen molar-refractivity contribution in [3.8, 4) is 0 Å². The van der Waals surface area contributed by atoms with Crippen LogP contribution in [0, 0.1) is 0 Å². The average molecular weight is 320 g/mol. The Morgan fingerprint density at radius 3 is 2.57 bits per heavy atom. The molecular weight excluding hydrogens is 292 g/mol. The molecule has 1 N–H and O–H groups in total. The van der Waals surface area contributed by atoms with E-state index in [0.29, 0.717) is 24.9 Å². The quantitative estimate of drug-likeness (QED) is 0.608. The van der Waals surface area contributed by atoms with Crippen LogP contribution >= 0.6 is 0 Å². The molecule has 0 unspecified atom stereocenters. The highest BCUT2D eigenvalue weighted by Gasteiger charge is 2.18. The van der Waals surface area contributed by atoms with Crippen LogP contribution in [0.1, 0.15) is 52.4 Å². The number of hydroxylamine groups is 1. The van der Waals surface area contributed by atoms with Crippen LogP contribution in [0.5, 0.6) is 0 Å². The molecule has 1 aliphatic rings. The van der Waals surface area contributed by atoms with Crippen LogP contribution in [0.4, 0.5) is 16.2 Å². The first kappa shape index (κ1) is 17.6. The van der Waals surface area contributed by atoms with Gasteiger partial charge >= 0.3 is 6.09 Å². The molecule has 1 aromatic carbocycles. The number of benzene rings is 1. The number of rotatable bonds is 6. The molecule has 1 aromatic rings. The summed E-state index contributed by atoms with van der Waals surface area (Å²) in [4.78, 5) is 17.5. The molecule has 1 fully saturated rings. The minimum Gasteiger partial charge on any atom is -0.448 e. The second-order valence-electron chi connectivity index (χ2n) is 5.79. The minimum atomic E-state index is -0.485. The van der Waals surface area contributed by atoms with E-state index in [1.807, 2.05) is 31.2 Å². The first-order valence-electron chi connectivity index (χ1n) is 8.71. The molecule has 5 heteroatoms. The van der Waals surface area contributed by atoms with Crippen molar-refractivity contribution in [2.24, 2.45) is 0 Å². The number of nitrogens with zero attached hydrogens (tertiary/aromatic N) is 1. The second kappa shape index (κ2) is 9.40. The van der Waals surface area contributed by atoms with Gasteiger partial charge in [-0.15, -0.1) is 0 Å². The Labute approximate surface area is 138 Å². The average Bonchev–Trinajstić information content (AvgIpc) is 2.81. The Morgan fingerprint density at radius 2 is 1.91 bits per heavy atom. The molecule has 0 aliphatic heterocycles. The van der Waals surface area contributed by atoms with Crippen molar-refractivity contribution in [3.05, 3.63) is 24.3 Å². The molecule has 1 amide bonds. The van der Waals surface area contributed by atoms with Crippen molar-refractivity contribution >= 4 is 17.5 Å². The van der Waals surface area contributed by atoms with Crippen LogP contribution in [0.25, 0.3) is 0 Å². The van der Waals surface area contributed by atoms with Crippen molar-refractivity contribution in [3.63, 3.8) is 0 Å². The first-order chi connectivity index (χ1) is 11.2. The largest absolute Gasteiger partial charge is 0.448 e. The van der Waals surface area contributed by atoms with Gasteiger partial charge in [-0.05, 0) is 44.9 Å². The number of hydrogen-bond donors (Lipinski definition) is 1. The lowest BCUT2D eigenvalue weighted by Crippen LogP contribution is -2.31. The maximum absolute atomic E-state index is 12.0. The van der Waals surface area contributed by atoms with Crippen molar-refractivity contribution in [2.45, 2.75) is 58.4 Å². The van der Waals surface area contributed by atoms with Crippen molar-refractivity contribution in [1.82, 2.24) is 0 Å². The van der Waals surface area contributed by atoms with Crippen molar-refractivity contribution < 1.29 is 14.4 Å². The molecule has 5 nitrogen and oxygen atoms in total. The van der Waals surface area contributed by atoms with E-state index in [0.717, 1.165) is 5.69 Å². The topological polar surface area (TPSA) is 50.8 Å². The molecule has 0 saturated heterocycles. The predicted octanol–water partition coefficient (Wildman–Crippen LogP) is 4.74. The lowest BCUT2D eigenvalue weighted by molar-refractivity contribution is 0.0835. The number of ether oxygens (including phenoxy) is 1. The highest BCUT2D eigenvalue weighted by Crippen LogP contribution is 2.25. The molecule has 0 atom stereocenters. The fourth-order valence-electron chi connectivity index (χ4n) is 2.93. The molecule has 1 saturated carbocycles. The van der Waals surface area contributed by atoms with Gasteiger partial charge in [0.1, 0.15) is 0 Å². The predicted molar refractivity (Wildman–Crippen MR) is 92.7 cm³/mol. The van der Waals surface area contributed by atoms with Gasteiger partial charge in [0.05, 0.1) is 18.9 Å². The highest BCUT2D eigenvalue weighted by atomic mass is 16.7. The number of hydrogen-bond acceptors (Lipinski definition) is 4. The van der Waals surface area contributed by atoms with Gasteiger partial charge in [0.15, 0.2) is 0 Å². The van der Waals surface area contributed by atoms with Crippen LogP contribution in [0.3, 0.4) is 0 Å². The summed E-state index contributed by atoms with van der Waals surface area (Å²) in [5, 5.41) is 4.82. The molecule has 0 aromatic heterocycles. The SMILES string of the molecule is CCOC(=O)N(OCC)c1cccc(NC2CCCCCC2)c1. The Bertz CT molecular complexity index is 485. The van der Waals surface area contributed by atoms with Crippen LogP contribution < -0.4 is 10.4 Å². The van der Waals surface area contributed by atoms with E-state index in [1.165, 1.54) is 43.6 Å². The Hall–Kier alpha value is -1.75. The van der Waals surface area contributed by atoms with Crippen LogP contribution in [0.15, 0.2) is 24.3 Å². The zero-order valence-electron chi connectivity index (χ0n) is 14.2. The molecule has 0 heterocycles. The zero-order chi connectivity index (χ0) is 16.5. The molecule has 0 radical (unpaired) electrons. The van der Waals surface area contributed by atoms with Gasteiger partial charge in [-0.2, -0.15) is 5.06 Å². The normalized spacial score (nSPS) is 15.7. The number of anilines is 2. The monoisotopic (exact) mass is 320 g/mol. The van der Waals surface area contributed by atoms with Crippen molar-refractivity contribution in [1.29, 1.82) is 0 Å². The lowest BCUT2D eigenvalue weighted by Gasteiger charge is -2.22. The maximum atomic E-state index is 12.0. The summed E-state index contributed by atoms with van der Waals surface area (Å²) < 4.78 is 5.06. The van der Waals surface area contributed by atoms with Gasteiger partial charge in [-0.25, -0.2) is 4.79 Å². The van der Waals surface area contributed by atoms with Crippen LogP contribution in [-0.4, -0.2) is 25.3 Å². The Morgan fingerprint density at radius 1 is 1.17 bits per heavy atom. The van der Waals surface area contributed by atoms with E-state index in [1.54, 1.807) is 6.92 Å². The minimum absolute atomic E-state index is 0.322. The molecule has 0 bridgehead atoms. The van der Waals surface area contributed by atoms with Gasteiger partial charge < -0.3 is 10.1 Å². The third-order valence-corrected chi connectivity index (χ3v) is 4.00. The second-order valence-corrected chi connectivity index (χ2v) is 5.79. The summed E-state index contributed by atoms with van der Waals surface area (Å²) in [6.45, 7) is 4.35. The summed E-state index contributed by atoms with van der Waals surface area (Å²) >= 11 is 0. The Kier molecular flexibility index (Phi) is 7.20. The van der Waals surface area contributed by atoms with Gasteiger partial charge in [0.2, 0.25) is 0 Å². The summed E-state index contributed by atoms with van der Waals surface area (Å²) in [6, 6.07) is 8.27. The van der Waals surface area contributed by atoms with E-state index < -0.39 is 6.09 Å². The third kappa shape index (κ3) is 5.43. The zero-order valence-corrected chi connectivity index (χ0v) is 14.2. The molecule has 2 rings (SSSR count). The standard InChI is InChI=1S/C18H28N2O3/c1-3-22-18(21)20(23-4-2)17-13-9-12-16(14-17)19-15-10-7-5-6-8-11-15/h9,12-15,19H,3-8,10-11H2,1-2H3. The molecule has 1 aliphatic carbocycles. The third-order valence-electron chi connectivity index (χ3n) is 4.00. The number of carbonyl (C=O) groups excluding carboxylic acids is 1. The van der Waals surface area contributed by atoms with Crippen LogP contribution in [0.2, 0.25) is 0 Å². The maximum Gasteiger partial charge on any atom is 0.438 e. The van der Waals surface area contributed by atoms with E-state index in [2.05, 4.69) is 5.32 Å². The number of amides is 1.